The lowest BCUT2D eigenvalue weighted by atomic mass is 9.80. The van der Waals surface area contributed by atoms with Gasteiger partial charge in [-0.15, -0.1) is 0 Å². The van der Waals surface area contributed by atoms with E-state index in [0.717, 1.165) is 11.5 Å². The van der Waals surface area contributed by atoms with Gasteiger partial charge in [0.1, 0.15) is 5.82 Å². The van der Waals surface area contributed by atoms with Crippen molar-refractivity contribution < 1.29 is 4.39 Å². The number of hydrogen-bond donors (Lipinski definition) is 1. The molecule has 1 aromatic rings. The van der Waals surface area contributed by atoms with E-state index in [1.165, 1.54) is 25.3 Å². The van der Waals surface area contributed by atoms with Crippen LogP contribution < -0.4 is 5.32 Å². The third-order valence-electron chi connectivity index (χ3n) is 3.43. The van der Waals surface area contributed by atoms with Crippen LogP contribution in [0.5, 0.6) is 0 Å². The first-order chi connectivity index (χ1) is 7.27. The van der Waals surface area contributed by atoms with Gasteiger partial charge in [0.25, 0.3) is 0 Å². The minimum absolute atomic E-state index is 0.106. The summed E-state index contributed by atoms with van der Waals surface area (Å²) in [6.07, 6.45) is 4.01. The Kier molecular flexibility index (Phi) is 3.37. The first-order valence-corrected chi connectivity index (χ1v) is 5.74. The Morgan fingerprint density at radius 2 is 2.13 bits per heavy atom. The Balaban J connectivity index is 1.84. The molecule has 0 saturated heterocycles. The van der Waals surface area contributed by atoms with Crippen molar-refractivity contribution in [1.82, 2.24) is 5.32 Å². The van der Waals surface area contributed by atoms with Crippen molar-refractivity contribution in [1.29, 1.82) is 0 Å². The van der Waals surface area contributed by atoms with Crippen molar-refractivity contribution in [3.05, 3.63) is 35.6 Å². The van der Waals surface area contributed by atoms with Gasteiger partial charge in [0.2, 0.25) is 0 Å². The molecule has 1 fully saturated rings. The molecule has 0 amide bonds. The summed E-state index contributed by atoms with van der Waals surface area (Å²) < 4.78 is 13.3. The van der Waals surface area contributed by atoms with Gasteiger partial charge >= 0.3 is 0 Å². The first-order valence-electron chi connectivity index (χ1n) is 5.74. The van der Waals surface area contributed by atoms with Crippen LogP contribution in [-0.2, 0) is 6.54 Å². The average Bonchev–Trinajstić information content (AvgIpc) is 2.14. The van der Waals surface area contributed by atoms with Crippen LogP contribution in [0.4, 0.5) is 4.39 Å². The fourth-order valence-electron chi connectivity index (χ4n) is 2.02. The monoisotopic (exact) mass is 207 g/mol. The summed E-state index contributed by atoms with van der Waals surface area (Å²) in [5, 5.41) is 3.40. The second-order valence-corrected chi connectivity index (χ2v) is 4.45. The molecular formula is C13H18FN. The highest BCUT2D eigenvalue weighted by atomic mass is 19.1. The molecule has 1 aliphatic carbocycles. The molecule has 82 valence electrons. The van der Waals surface area contributed by atoms with Crippen molar-refractivity contribution in [3.63, 3.8) is 0 Å². The third-order valence-corrected chi connectivity index (χ3v) is 3.43. The SMILES string of the molecule is CC(NCc1ccccc1F)C1CCC1. The van der Waals surface area contributed by atoms with Crippen LogP contribution in [0.15, 0.2) is 24.3 Å². The molecule has 0 aliphatic heterocycles. The van der Waals surface area contributed by atoms with E-state index in [9.17, 15) is 4.39 Å². The molecule has 1 aromatic carbocycles. The minimum Gasteiger partial charge on any atom is -0.310 e. The second-order valence-electron chi connectivity index (χ2n) is 4.45. The molecule has 0 radical (unpaired) electrons. The zero-order chi connectivity index (χ0) is 10.7. The Hall–Kier alpha value is -0.890. The smallest absolute Gasteiger partial charge is 0.127 e. The maximum Gasteiger partial charge on any atom is 0.127 e. The van der Waals surface area contributed by atoms with Gasteiger partial charge < -0.3 is 5.32 Å². The molecule has 0 aromatic heterocycles. The molecule has 1 saturated carbocycles. The van der Waals surface area contributed by atoms with E-state index in [-0.39, 0.29) is 5.82 Å². The van der Waals surface area contributed by atoms with E-state index in [2.05, 4.69) is 12.2 Å². The van der Waals surface area contributed by atoms with Gasteiger partial charge in [0.05, 0.1) is 0 Å². The van der Waals surface area contributed by atoms with E-state index in [4.69, 9.17) is 0 Å². The molecule has 0 bridgehead atoms. The molecule has 15 heavy (non-hydrogen) atoms. The summed E-state index contributed by atoms with van der Waals surface area (Å²) in [6, 6.07) is 7.49. The molecule has 2 heteroatoms. The highest BCUT2D eigenvalue weighted by molar-refractivity contribution is 5.17. The van der Waals surface area contributed by atoms with Crippen molar-refractivity contribution in [3.8, 4) is 0 Å². The van der Waals surface area contributed by atoms with Crippen molar-refractivity contribution in [2.45, 2.75) is 38.8 Å². The quantitative estimate of drug-likeness (QED) is 0.800. The average molecular weight is 207 g/mol. The van der Waals surface area contributed by atoms with Crippen LogP contribution >= 0.6 is 0 Å². The fraction of sp³-hybridized carbons (Fsp3) is 0.538. The van der Waals surface area contributed by atoms with E-state index in [1.807, 2.05) is 12.1 Å². The molecule has 1 aliphatic rings. The standard InChI is InChI=1S/C13H18FN/c1-10(11-6-4-7-11)15-9-12-5-2-3-8-13(12)14/h2-3,5,8,10-11,15H,4,6-7,9H2,1H3. The van der Waals surface area contributed by atoms with Crippen molar-refractivity contribution in [2.24, 2.45) is 5.92 Å². The Labute approximate surface area is 90.7 Å². The van der Waals surface area contributed by atoms with Gasteiger partial charge in [-0.3, -0.25) is 0 Å². The topological polar surface area (TPSA) is 12.0 Å². The van der Waals surface area contributed by atoms with E-state index in [0.29, 0.717) is 12.6 Å². The van der Waals surface area contributed by atoms with E-state index in [1.54, 1.807) is 6.07 Å². The summed E-state index contributed by atoms with van der Waals surface area (Å²) in [7, 11) is 0. The van der Waals surface area contributed by atoms with Crippen LogP contribution in [-0.4, -0.2) is 6.04 Å². The summed E-state index contributed by atoms with van der Waals surface area (Å²) in [5.41, 5.74) is 0.767. The Morgan fingerprint density at radius 1 is 1.40 bits per heavy atom. The number of rotatable bonds is 4. The van der Waals surface area contributed by atoms with Gasteiger partial charge in [-0.1, -0.05) is 24.6 Å². The zero-order valence-electron chi connectivity index (χ0n) is 9.17. The molecule has 1 atom stereocenters. The van der Waals surface area contributed by atoms with Crippen molar-refractivity contribution >= 4 is 0 Å². The summed E-state index contributed by atoms with van der Waals surface area (Å²) in [5.74, 6) is 0.697. The molecule has 0 spiro atoms. The van der Waals surface area contributed by atoms with E-state index < -0.39 is 0 Å². The predicted molar refractivity (Wildman–Crippen MR) is 60.0 cm³/mol. The summed E-state index contributed by atoms with van der Waals surface area (Å²) in [4.78, 5) is 0. The van der Waals surface area contributed by atoms with Gasteiger partial charge in [-0.2, -0.15) is 0 Å². The first kappa shape index (κ1) is 10.6. The van der Waals surface area contributed by atoms with Gasteiger partial charge in [-0.05, 0) is 31.7 Å². The number of hydrogen-bond acceptors (Lipinski definition) is 1. The molecule has 0 heterocycles. The number of nitrogens with one attached hydrogen (secondary N) is 1. The lowest BCUT2D eigenvalue weighted by Crippen LogP contribution is -2.36. The Bertz CT molecular complexity index is 320. The maximum absolute atomic E-state index is 13.3. The highest BCUT2D eigenvalue weighted by Crippen LogP contribution is 2.29. The molecular weight excluding hydrogens is 189 g/mol. The second kappa shape index (κ2) is 4.75. The fourth-order valence-corrected chi connectivity index (χ4v) is 2.02. The lowest BCUT2D eigenvalue weighted by molar-refractivity contribution is 0.239. The number of halogens is 1. The largest absolute Gasteiger partial charge is 0.310 e. The summed E-state index contributed by atoms with van der Waals surface area (Å²) >= 11 is 0. The molecule has 2 rings (SSSR count). The van der Waals surface area contributed by atoms with Crippen LogP contribution in [0, 0.1) is 11.7 Å². The molecule has 1 nitrogen and oxygen atoms in total. The predicted octanol–water partition coefficient (Wildman–Crippen LogP) is 3.10. The lowest BCUT2D eigenvalue weighted by Gasteiger charge is -2.32. The highest BCUT2D eigenvalue weighted by Gasteiger charge is 2.23. The van der Waals surface area contributed by atoms with Gasteiger partial charge in [0, 0.05) is 18.2 Å². The Morgan fingerprint density at radius 3 is 2.73 bits per heavy atom. The maximum atomic E-state index is 13.3. The minimum atomic E-state index is -0.106. The normalized spacial score (nSPS) is 18.5. The van der Waals surface area contributed by atoms with Gasteiger partial charge in [0.15, 0.2) is 0 Å². The zero-order valence-corrected chi connectivity index (χ0v) is 9.17. The van der Waals surface area contributed by atoms with Crippen LogP contribution in [0.2, 0.25) is 0 Å². The van der Waals surface area contributed by atoms with Crippen LogP contribution in [0.3, 0.4) is 0 Å². The van der Waals surface area contributed by atoms with E-state index >= 15 is 0 Å². The summed E-state index contributed by atoms with van der Waals surface area (Å²) in [6.45, 7) is 2.84. The van der Waals surface area contributed by atoms with Crippen molar-refractivity contribution in [2.75, 3.05) is 0 Å². The molecule has 1 unspecified atom stereocenters. The number of benzene rings is 1. The third kappa shape index (κ3) is 2.57. The van der Waals surface area contributed by atoms with Crippen LogP contribution in [0.1, 0.15) is 31.7 Å². The molecule has 1 N–H and O–H groups in total. The van der Waals surface area contributed by atoms with Crippen LogP contribution in [0.25, 0.3) is 0 Å². The van der Waals surface area contributed by atoms with Gasteiger partial charge in [-0.25, -0.2) is 4.39 Å².